The Morgan fingerprint density at radius 1 is 1.53 bits per heavy atom. The second kappa shape index (κ2) is 5.01. The zero-order chi connectivity index (χ0) is 12.3. The van der Waals surface area contributed by atoms with Gasteiger partial charge in [0, 0.05) is 26.6 Å². The minimum absolute atomic E-state index is 0.0693. The molecule has 17 heavy (non-hydrogen) atoms. The van der Waals surface area contributed by atoms with Crippen molar-refractivity contribution in [1.29, 1.82) is 0 Å². The Hall–Kier alpha value is -1.82. The first-order chi connectivity index (χ1) is 8.24. The van der Waals surface area contributed by atoms with Crippen LogP contribution in [0.25, 0.3) is 5.65 Å². The molecule has 0 spiro atoms. The largest absolute Gasteiger partial charge is 0.470 e. The number of imidazole rings is 1. The molecule has 0 fully saturated rings. The van der Waals surface area contributed by atoms with Crippen molar-refractivity contribution >= 4 is 11.5 Å². The Morgan fingerprint density at radius 2 is 2.35 bits per heavy atom. The predicted molar refractivity (Wildman–Crippen MR) is 64.5 cm³/mol. The number of hydrogen-bond donors (Lipinski definition) is 1. The topological polar surface area (TPSA) is 60.7 Å². The van der Waals surface area contributed by atoms with E-state index in [1.807, 2.05) is 30.8 Å². The van der Waals surface area contributed by atoms with E-state index in [1.165, 1.54) is 0 Å². The van der Waals surface area contributed by atoms with E-state index in [0.29, 0.717) is 18.1 Å². The normalized spacial score (nSPS) is 12.6. The van der Waals surface area contributed by atoms with Gasteiger partial charge >= 0.3 is 0 Å². The SMILES string of the molecule is CNc1cn2ccnc2c(OC(C)COC)n1. The standard InChI is InChI=1S/C11H16N4O2/c1-8(7-16-3)17-11-10-13-4-5-15(10)6-9(12-2)14-11/h4-6,8,12H,7H2,1-3H3. The predicted octanol–water partition coefficient (Wildman–Crippen LogP) is 1.18. The van der Waals surface area contributed by atoms with Gasteiger partial charge < -0.3 is 14.8 Å². The van der Waals surface area contributed by atoms with Crippen molar-refractivity contribution in [2.75, 3.05) is 26.1 Å². The molecule has 2 rings (SSSR count). The molecular weight excluding hydrogens is 220 g/mol. The molecule has 0 amide bonds. The zero-order valence-electron chi connectivity index (χ0n) is 10.2. The van der Waals surface area contributed by atoms with Gasteiger partial charge in [-0.2, -0.15) is 4.98 Å². The number of fused-ring (bicyclic) bond motifs is 1. The number of aromatic nitrogens is 3. The van der Waals surface area contributed by atoms with E-state index in [0.717, 1.165) is 5.82 Å². The molecule has 0 bridgehead atoms. The summed E-state index contributed by atoms with van der Waals surface area (Å²) in [6.07, 6.45) is 5.35. The zero-order valence-corrected chi connectivity index (χ0v) is 10.2. The third-order valence-electron chi connectivity index (χ3n) is 2.31. The van der Waals surface area contributed by atoms with Crippen molar-refractivity contribution in [3.63, 3.8) is 0 Å². The maximum atomic E-state index is 5.71. The van der Waals surface area contributed by atoms with Gasteiger partial charge in [-0.05, 0) is 6.92 Å². The van der Waals surface area contributed by atoms with Crippen LogP contribution in [0.1, 0.15) is 6.92 Å². The van der Waals surface area contributed by atoms with Gasteiger partial charge in [-0.1, -0.05) is 0 Å². The molecule has 1 N–H and O–H groups in total. The monoisotopic (exact) mass is 236 g/mol. The van der Waals surface area contributed by atoms with Gasteiger partial charge in [0.2, 0.25) is 5.65 Å². The molecule has 0 saturated heterocycles. The van der Waals surface area contributed by atoms with Crippen molar-refractivity contribution in [3.8, 4) is 5.88 Å². The molecule has 92 valence electrons. The molecule has 1 unspecified atom stereocenters. The highest BCUT2D eigenvalue weighted by Gasteiger charge is 2.11. The Kier molecular flexibility index (Phi) is 3.43. The fraction of sp³-hybridized carbons (Fsp3) is 0.455. The highest BCUT2D eigenvalue weighted by atomic mass is 16.5. The van der Waals surface area contributed by atoms with E-state index >= 15 is 0 Å². The van der Waals surface area contributed by atoms with E-state index in [9.17, 15) is 0 Å². The summed E-state index contributed by atoms with van der Waals surface area (Å²) in [7, 11) is 3.45. The second-order valence-corrected chi connectivity index (χ2v) is 3.72. The van der Waals surface area contributed by atoms with Crippen molar-refractivity contribution in [3.05, 3.63) is 18.6 Å². The second-order valence-electron chi connectivity index (χ2n) is 3.72. The average molecular weight is 236 g/mol. The summed E-state index contributed by atoms with van der Waals surface area (Å²) >= 11 is 0. The van der Waals surface area contributed by atoms with Crippen molar-refractivity contribution in [2.24, 2.45) is 0 Å². The molecule has 2 heterocycles. The van der Waals surface area contributed by atoms with Crippen LogP contribution < -0.4 is 10.1 Å². The highest BCUT2D eigenvalue weighted by molar-refractivity contribution is 5.53. The molecule has 6 heteroatoms. The quantitative estimate of drug-likeness (QED) is 0.844. The van der Waals surface area contributed by atoms with Gasteiger partial charge in [-0.3, -0.25) is 4.40 Å². The first-order valence-corrected chi connectivity index (χ1v) is 5.41. The Morgan fingerprint density at radius 3 is 3.06 bits per heavy atom. The lowest BCUT2D eigenvalue weighted by molar-refractivity contribution is 0.0898. The lowest BCUT2D eigenvalue weighted by Gasteiger charge is -2.14. The summed E-state index contributed by atoms with van der Waals surface area (Å²) in [6, 6.07) is 0. The number of nitrogens with one attached hydrogen (secondary N) is 1. The summed E-state index contributed by atoms with van der Waals surface area (Å²) in [4.78, 5) is 8.56. The van der Waals surface area contributed by atoms with E-state index < -0.39 is 0 Å². The minimum atomic E-state index is -0.0693. The molecule has 2 aromatic rings. The van der Waals surface area contributed by atoms with Crippen LogP contribution in [-0.2, 0) is 4.74 Å². The molecular formula is C11H16N4O2. The molecule has 0 aromatic carbocycles. The maximum Gasteiger partial charge on any atom is 0.260 e. The van der Waals surface area contributed by atoms with Crippen LogP contribution in [0.5, 0.6) is 5.88 Å². The average Bonchev–Trinajstić information content (AvgIpc) is 2.77. The maximum absolute atomic E-state index is 5.71. The lowest BCUT2D eigenvalue weighted by atomic mass is 10.4. The summed E-state index contributed by atoms with van der Waals surface area (Å²) in [5.74, 6) is 1.24. The minimum Gasteiger partial charge on any atom is -0.470 e. The number of ether oxygens (including phenoxy) is 2. The number of anilines is 1. The van der Waals surface area contributed by atoms with Gasteiger partial charge in [-0.15, -0.1) is 0 Å². The summed E-state index contributed by atoms with van der Waals surface area (Å²) in [5.41, 5.74) is 0.701. The van der Waals surface area contributed by atoms with Crippen LogP contribution in [0.15, 0.2) is 18.6 Å². The number of nitrogens with zero attached hydrogens (tertiary/aromatic N) is 3. The summed E-state index contributed by atoms with van der Waals surface area (Å²) < 4.78 is 12.6. The fourth-order valence-electron chi connectivity index (χ4n) is 1.56. The van der Waals surface area contributed by atoms with E-state index in [4.69, 9.17) is 9.47 Å². The fourth-order valence-corrected chi connectivity index (χ4v) is 1.56. The van der Waals surface area contributed by atoms with Gasteiger partial charge in [0.25, 0.3) is 5.88 Å². The van der Waals surface area contributed by atoms with Crippen LogP contribution in [0.3, 0.4) is 0 Å². The van der Waals surface area contributed by atoms with E-state index in [2.05, 4.69) is 15.3 Å². The van der Waals surface area contributed by atoms with Crippen LogP contribution in [0, 0.1) is 0 Å². The van der Waals surface area contributed by atoms with Crippen molar-refractivity contribution in [1.82, 2.24) is 14.4 Å². The molecule has 6 nitrogen and oxygen atoms in total. The van der Waals surface area contributed by atoms with Crippen LogP contribution >= 0.6 is 0 Å². The number of hydrogen-bond acceptors (Lipinski definition) is 5. The molecule has 0 saturated carbocycles. The van der Waals surface area contributed by atoms with Gasteiger partial charge in [0.05, 0.1) is 12.8 Å². The molecule has 1 atom stereocenters. The van der Waals surface area contributed by atoms with Crippen molar-refractivity contribution < 1.29 is 9.47 Å². The van der Waals surface area contributed by atoms with Crippen LogP contribution in [0.2, 0.25) is 0 Å². The molecule has 2 aromatic heterocycles. The molecule has 0 radical (unpaired) electrons. The lowest BCUT2D eigenvalue weighted by Crippen LogP contribution is -2.19. The summed E-state index contributed by atoms with van der Waals surface area (Å²) in [6.45, 7) is 2.44. The summed E-state index contributed by atoms with van der Waals surface area (Å²) in [5, 5.41) is 2.98. The Balaban J connectivity index is 2.33. The molecule has 0 aliphatic rings. The third-order valence-corrected chi connectivity index (χ3v) is 2.31. The Bertz CT molecular complexity index is 497. The molecule has 0 aliphatic carbocycles. The first-order valence-electron chi connectivity index (χ1n) is 5.41. The molecule has 0 aliphatic heterocycles. The number of methoxy groups -OCH3 is 1. The first kappa shape index (κ1) is 11.7. The van der Waals surface area contributed by atoms with Gasteiger partial charge in [0.1, 0.15) is 11.9 Å². The van der Waals surface area contributed by atoms with Gasteiger partial charge in [-0.25, -0.2) is 4.98 Å². The van der Waals surface area contributed by atoms with E-state index in [-0.39, 0.29) is 6.10 Å². The van der Waals surface area contributed by atoms with Crippen LogP contribution in [-0.4, -0.2) is 41.2 Å². The number of rotatable bonds is 5. The van der Waals surface area contributed by atoms with E-state index in [1.54, 1.807) is 13.3 Å². The Labute approximate surface area is 99.6 Å². The highest BCUT2D eigenvalue weighted by Crippen LogP contribution is 2.19. The van der Waals surface area contributed by atoms with Crippen molar-refractivity contribution in [2.45, 2.75) is 13.0 Å². The third kappa shape index (κ3) is 2.47. The van der Waals surface area contributed by atoms with Gasteiger partial charge in [0.15, 0.2) is 0 Å². The van der Waals surface area contributed by atoms with Crippen LogP contribution in [0.4, 0.5) is 5.82 Å². The smallest absolute Gasteiger partial charge is 0.260 e.